The first-order valence-electron chi connectivity index (χ1n) is 6.01. The molecule has 5 heteroatoms. The molecule has 3 nitrogen and oxygen atoms in total. The van der Waals surface area contributed by atoms with Gasteiger partial charge >= 0.3 is 0 Å². The van der Waals surface area contributed by atoms with Gasteiger partial charge in [-0.2, -0.15) is 0 Å². The van der Waals surface area contributed by atoms with Crippen molar-refractivity contribution >= 4 is 29.0 Å². The summed E-state index contributed by atoms with van der Waals surface area (Å²) in [5.41, 5.74) is 0. The van der Waals surface area contributed by atoms with Crippen molar-refractivity contribution in [3.05, 3.63) is 17.5 Å². The highest BCUT2D eigenvalue weighted by Gasteiger charge is 2.14. The molecule has 0 aromatic carbocycles. The Kier molecular flexibility index (Phi) is 5.35. The summed E-state index contributed by atoms with van der Waals surface area (Å²) in [6, 6.07) is 4.16. The van der Waals surface area contributed by atoms with Gasteiger partial charge in [0.15, 0.2) is 0 Å². The van der Waals surface area contributed by atoms with E-state index in [-0.39, 0.29) is 0 Å². The molecule has 0 saturated carbocycles. The fraction of sp³-hybridized carbons (Fsp3) is 0.583. The van der Waals surface area contributed by atoms with E-state index in [4.69, 9.17) is 0 Å². The van der Waals surface area contributed by atoms with Crippen molar-refractivity contribution in [2.24, 2.45) is 0 Å². The zero-order chi connectivity index (χ0) is 11.9. The van der Waals surface area contributed by atoms with Crippen LogP contribution in [0.4, 0.5) is 0 Å². The average molecular weight is 270 g/mol. The first-order chi connectivity index (χ1) is 8.36. The monoisotopic (exact) mass is 270 g/mol. The van der Waals surface area contributed by atoms with Crippen molar-refractivity contribution in [2.75, 3.05) is 31.9 Å². The van der Waals surface area contributed by atoms with Gasteiger partial charge in [0.1, 0.15) is 0 Å². The van der Waals surface area contributed by atoms with Gasteiger partial charge < -0.3 is 10.2 Å². The van der Waals surface area contributed by atoms with E-state index in [2.05, 4.69) is 22.8 Å². The quantitative estimate of drug-likeness (QED) is 0.850. The third-order valence-corrected chi connectivity index (χ3v) is 4.88. The number of hydrogen-bond acceptors (Lipinski definition) is 4. The summed E-state index contributed by atoms with van der Waals surface area (Å²) >= 11 is 3.52. The molecule has 1 aliphatic rings. The smallest absolute Gasteiger partial charge is 0.223 e. The Balaban J connectivity index is 1.69. The number of carbonyl (C=O) groups is 1. The van der Waals surface area contributed by atoms with Gasteiger partial charge in [0.05, 0.1) is 4.21 Å². The number of amides is 1. The maximum Gasteiger partial charge on any atom is 0.223 e. The first-order valence-corrected chi connectivity index (χ1v) is 7.87. The summed E-state index contributed by atoms with van der Waals surface area (Å²) in [6.07, 6.45) is 1.73. The van der Waals surface area contributed by atoms with E-state index in [1.165, 1.54) is 4.21 Å². The number of rotatable bonds is 4. The maximum absolute atomic E-state index is 12.0. The van der Waals surface area contributed by atoms with Crippen LogP contribution in [-0.2, 0) is 4.79 Å². The summed E-state index contributed by atoms with van der Waals surface area (Å²) < 4.78 is 1.30. The molecule has 0 radical (unpaired) electrons. The number of hydrogen-bond donors (Lipinski definition) is 1. The first kappa shape index (κ1) is 12.9. The van der Waals surface area contributed by atoms with Crippen molar-refractivity contribution in [1.29, 1.82) is 0 Å². The summed E-state index contributed by atoms with van der Waals surface area (Å²) in [7, 11) is 0. The molecule has 0 spiro atoms. The summed E-state index contributed by atoms with van der Waals surface area (Å²) in [5.74, 6) is 1.20. The fourth-order valence-electron chi connectivity index (χ4n) is 1.84. The molecule has 0 aliphatic carbocycles. The van der Waals surface area contributed by atoms with E-state index in [9.17, 15) is 4.79 Å². The molecule has 0 bridgehead atoms. The number of thiophene rings is 1. The van der Waals surface area contributed by atoms with Crippen LogP contribution in [0.3, 0.4) is 0 Å². The van der Waals surface area contributed by atoms with Gasteiger partial charge in [-0.15, -0.1) is 23.1 Å². The Morgan fingerprint density at radius 2 is 2.41 bits per heavy atom. The van der Waals surface area contributed by atoms with Crippen LogP contribution in [-0.4, -0.2) is 42.7 Å². The normalized spacial score (nSPS) is 16.8. The van der Waals surface area contributed by atoms with E-state index in [1.807, 2.05) is 4.90 Å². The third kappa shape index (κ3) is 4.33. The average Bonchev–Trinajstić information content (AvgIpc) is 2.69. The zero-order valence-corrected chi connectivity index (χ0v) is 11.5. The fourth-order valence-corrected chi connectivity index (χ4v) is 3.63. The van der Waals surface area contributed by atoms with Gasteiger partial charge in [-0.25, -0.2) is 0 Å². The van der Waals surface area contributed by atoms with Crippen LogP contribution < -0.4 is 5.32 Å². The minimum atomic E-state index is 0.303. The molecule has 1 aromatic heterocycles. The van der Waals surface area contributed by atoms with Crippen molar-refractivity contribution in [2.45, 2.75) is 17.1 Å². The van der Waals surface area contributed by atoms with Crippen LogP contribution in [0.2, 0.25) is 0 Å². The van der Waals surface area contributed by atoms with E-state index in [1.54, 1.807) is 23.1 Å². The van der Waals surface area contributed by atoms with Crippen LogP contribution in [0.1, 0.15) is 12.8 Å². The second-order valence-electron chi connectivity index (χ2n) is 4.01. The second kappa shape index (κ2) is 7.03. The number of nitrogens with one attached hydrogen (secondary N) is 1. The van der Waals surface area contributed by atoms with Crippen molar-refractivity contribution in [3.63, 3.8) is 0 Å². The Hall–Kier alpha value is -0.520. The van der Waals surface area contributed by atoms with Crippen LogP contribution in [0.15, 0.2) is 21.7 Å². The molecule has 1 N–H and O–H groups in total. The molecule has 1 fully saturated rings. The number of thioether (sulfide) groups is 1. The van der Waals surface area contributed by atoms with Crippen LogP contribution >= 0.6 is 23.1 Å². The summed E-state index contributed by atoms with van der Waals surface area (Å²) in [4.78, 5) is 14.0. The lowest BCUT2D eigenvalue weighted by molar-refractivity contribution is -0.130. The molecule has 2 rings (SSSR count). The van der Waals surface area contributed by atoms with Gasteiger partial charge in [-0.05, 0) is 24.4 Å². The van der Waals surface area contributed by atoms with Gasteiger partial charge in [0.2, 0.25) is 5.91 Å². The Bertz CT molecular complexity index is 332. The number of carbonyl (C=O) groups excluding carboxylic acids is 1. The van der Waals surface area contributed by atoms with E-state index in [0.29, 0.717) is 12.3 Å². The van der Waals surface area contributed by atoms with E-state index < -0.39 is 0 Å². The van der Waals surface area contributed by atoms with Gasteiger partial charge in [0.25, 0.3) is 0 Å². The van der Waals surface area contributed by atoms with Crippen LogP contribution in [0.5, 0.6) is 0 Å². The minimum absolute atomic E-state index is 0.303. The molecule has 1 aromatic rings. The standard InChI is InChI=1S/C12H18N2OS2/c15-11(14-7-2-5-13-6-8-14)4-10-17-12-3-1-9-16-12/h1,3,9,13H,2,4-8,10H2. The van der Waals surface area contributed by atoms with Crippen molar-refractivity contribution < 1.29 is 4.79 Å². The summed E-state index contributed by atoms with van der Waals surface area (Å²) in [5, 5.41) is 5.39. The van der Waals surface area contributed by atoms with E-state index >= 15 is 0 Å². The lowest BCUT2D eigenvalue weighted by Crippen LogP contribution is -2.34. The Labute approximate surface area is 111 Å². The minimum Gasteiger partial charge on any atom is -0.341 e. The predicted molar refractivity (Wildman–Crippen MR) is 73.7 cm³/mol. The molecule has 0 unspecified atom stereocenters. The Morgan fingerprint density at radius 3 is 3.24 bits per heavy atom. The maximum atomic E-state index is 12.0. The van der Waals surface area contributed by atoms with Gasteiger partial charge in [-0.3, -0.25) is 4.79 Å². The largest absolute Gasteiger partial charge is 0.341 e. The van der Waals surface area contributed by atoms with Crippen molar-refractivity contribution in [1.82, 2.24) is 10.2 Å². The van der Waals surface area contributed by atoms with E-state index in [0.717, 1.165) is 38.4 Å². The third-order valence-electron chi connectivity index (χ3n) is 2.75. The highest BCUT2D eigenvalue weighted by molar-refractivity contribution is 8.01. The van der Waals surface area contributed by atoms with Crippen molar-refractivity contribution in [3.8, 4) is 0 Å². The number of nitrogens with zero attached hydrogens (tertiary/aromatic N) is 1. The molecular weight excluding hydrogens is 252 g/mol. The second-order valence-corrected chi connectivity index (χ2v) is 6.36. The summed E-state index contributed by atoms with van der Waals surface area (Å²) in [6.45, 7) is 3.75. The molecule has 1 aliphatic heterocycles. The highest BCUT2D eigenvalue weighted by atomic mass is 32.2. The zero-order valence-electron chi connectivity index (χ0n) is 9.85. The van der Waals surface area contributed by atoms with Crippen LogP contribution in [0.25, 0.3) is 0 Å². The lowest BCUT2D eigenvalue weighted by atomic mass is 10.3. The predicted octanol–water partition coefficient (Wildman–Crippen LogP) is 2.05. The van der Waals surface area contributed by atoms with Gasteiger partial charge in [0, 0.05) is 31.8 Å². The van der Waals surface area contributed by atoms with Gasteiger partial charge in [-0.1, -0.05) is 6.07 Å². The highest BCUT2D eigenvalue weighted by Crippen LogP contribution is 2.24. The molecule has 0 atom stereocenters. The SMILES string of the molecule is O=C(CCSc1cccs1)N1CCCNCC1. The molecule has 94 valence electrons. The molecule has 17 heavy (non-hydrogen) atoms. The topological polar surface area (TPSA) is 32.3 Å². The Morgan fingerprint density at radius 1 is 1.47 bits per heavy atom. The molecular formula is C12H18N2OS2. The molecule has 1 saturated heterocycles. The lowest BCUT2D eigenvalue weighted by Gasteiger charge is -2.19. The molecule has 1 amide bonds. The van der Waals surface area contributed by atoms with Crippen LogP contribution in [0, 0.1) is 0 Å². The molecule has 2 heterocycles.